The first-order valence-electron chi connectivity index (χ1n) is 8.54. The summed E-state index contributed by atoms with van der Waals surface area (Å²) in [6, 6.07) is 29.3. The third-order valence-electron chi connectivity index (χ3n) is 4.43. The SMILES string of the molecule is Cc1ccccc1-c1cn(Cc2ccccc2)c(-c2ccccc2)n1. The van der Waals surface area contributed by atoms with Crippen LogP contribution in [0.2, 0.25) is 0 Å². The first kappa shape index (κ1) is 15.4. The standard InChI is InChI=1S/C23H20N2/c1-18-10-8-9-15-21(18)22-17-25(16-19-11-4-2-5-12-19)23(24-22)20-13-6-3-7-14-20/h2-15,17H,16H2,1H3. The predicted octanol–water partition coefficient (Wildman–Crippen LogP) is 5.57. The number of aryl methyl sites for hydroxylation is 1. The van der Waals surface area contributed by atoms with Crippen LogP contribution in [-0.2, 0) is 6.54 Å². The number of hydrogen-bond acceptors (Lipinski definition) is 1. The van der Waals surface area contributed by atoms with E-state index in [4.69, 9.17) is 4.98 Å². The molecule has 0 N–H and O–H groups in total. The van der Waals surface area contributed by atoms with E-state index in [1.807, 2.05) is 12.1 Å². The molecule has 0 fully saturated rings. The van der Waals surface area contributed by atoms with Gasteiger partial charge in [0.15, 0.2) is 0 Å². The van der Waals surface area contributed by atoms with Crippen molar-refractivity contribution in [1.29, 1.82) is 0 Å². The van der Waals surface area contributed by atoms with Crippen molar-refractivity contribution >= 4 is 0 Å². The highest BCUT2D eigenvalue weighted by atomic mass is 15.1. The second kappa shape index (κ2) is 6.78. The van der Waals surface area contributed by atoms with Crippen LogP contribution in [0.3, 0.4) is 0 Å². The Balaban J connectivity index is 1.82. The van der Waals surface area contributed by atoms with E-state index in [1.165, 1.54) is 16.7 Å². The molecular weight excluding hydrogens is 304 g/mol. The Labute approximate surface area is 148 Å². The van der Waals surface area contributed by atoms with E-state index in [1.54, 1.807) is 0 Å². The molecule has 0 unspecified atom stereocenters. The second-order valence-electron chi connectivity index (χ2n) is 6.24. The average molecular weight is 324 g/mol. The average Bonchev–Trinajstić information content (AvgIpc) is 3.07. The molecule has 0 aliphatic carbocycles. The number of aromatic nitrogens is 2. The lowest BCUT2D eigenvalue weighted by Crippen LogP contribution is -2.00. The van der Waals surface area contributed by atoms with Gasteiger partial charge in [0.25, 0.3) is 0 Å². The van der Waals surface area contributed by atoms with Gasteiger partial charge in [0.2, 0.25) is 0 Å². The normalized spacial score (nSPS) is 10.8. The third-order valence-corrected chi connectivity index (χ3v) is 4.43. The van der Waals surface area contributed by atoms with Crippen molar-refractivity contribution in [3.05, 3.63) is 102 Å². The minimum atomic E-state index is 0.809. The van der Waals surface area contributed by atoms with Gasteiger partial charge in [0.05, 0.1) is 5.69 Å². The zero-order valence-electron chi connectivity index (χ0n) is 14.3. The lowest BCUT2D eigenvalue weighted by Gasteiger charge is -2.07. The van der Waals surface area contributed by atoms with Gasteiger partial charge in [-0.2, -0.15) is 0 Å². The van der Waals surface area contributed by atoms with Crippen LogP contribution in [0.25, 0.3) is 22.6 Å². The summed E-state index contributed by atoms with van der Waals surface area (Å²) in [5.74, 6) is 1.00. The van der Waals surface area contributed by atoms with Crippen LogP contribution in [0.4, 0.5) is 0 Å². The summed E-state index contributed by atoms with van der Waals surface area (Å²) in [6.07, 6.45) is 2.16. The minimum absolute atomic E-state index is 0.809. The van der Waals surface area contributed by atoms with E-state index >= 15 is 0 Å². The van der Waals surface area contributed by atoms with Gasteiger partial charge < -0.3 is 4.57 Å². The lowest BCUT2D eigenvalue weighted by atomic mass is 10.1. The van der Waals surface area contributed by atoms with E-state index in [2.05, 4.69) is 90.5 Å². The Bertz CT molecular complexity index is 969. The number of rotatable bonds is 4. The molecule has 0 saturated heterocycles. The Kier molecular flexibility index (Phi) is 4.17. The molecule has 0 saturated carbocycles. The van der Waals surface area contributed by atoms with Gasteiger partial charge in [-0.25, -0.2) is 4.98 Å². The molecule has 0 aliphatic rings. The van der Waals surface area contributed by atoms with Crippen molar-refractivity contribution in [3.63, 3.8) is 0 Å². The molecule has 0 atom stereocenters. The largest absolute Gasteiger partial charge is 0.326 e. The van der Waals surface area contributed by atoms with Crippen LogP contribution in [0.15, 0.2) is 91.1 Å². The maximum absolute atomic E-state index is 4.97. The molecule has 3 aromatic carbocycles. The van der Waals surface area contributed by atoms with Gasteiger partial charge in [0, 0.05) is 23.9 Å². The number of benzene rings is 3. The highest BCUT2D eigenvalue weighted by Gasteiger charge is 2.13. The maximum Gasteiger partial charge on any atom is 0.140 e. The molecule has 0 radical (unpaired) electrons. The Morgan fingerprint density at radius 2 is 1.40 bits per heavy atom. The van der Waals surface area contributed by atoms with Gasteiger partial charge in [0.1, 0.15) is 5.82 Å². The molecule has 25 heavy (non-hydrogen) atoms. The molecule has 1 heterocycles. The smallest absolute Gasteiger partial charge is 0.140 e. The van der Waals surface area contributed by atoms with Crippen molar-refractivity contribution in [2.24, 2.45) is 0 Å². The topological polar surface area (TPSA) is 17.8 Å². The van der Waals surface area contributed by atoms with E-state index < -0.39 is 0 Å². The van der Waals surface area contributed by atoms with E-state index in [-0.39, 0.29) is 0 Å². The molecule has 0 spiro atoms. The zero-order valence-corrected chi connectivity index (χ0v) is 14.3. The minimum Gasteiger partial charge on any atom is -0.326 e. The van der Waals surface area contributed by atoms with E-state index in [0.717, 1.165) is 23.6 Å². The first-order valence-corrected chi connectivity index (χ1v) is 8.54. The van der Waals surface area contributed by atoms with Gasteiger partial charge in [-0.1, -0.05) is 84.9 Å². The molecular formula is C23H20N2. The van der Waals surface area contributed by atoms with Crippen molar-refractivity contribution in [1.82, 2.24) is 9.55 Å². The summed E-state index contributed by atoms with van der Waals surface area (Å²) in [6.45, 7) is 2.94. The summed E-state index contributed by atoms with van der Waals surface area (Å²) >= 11 is 0. The summed E-state index contributed by atoms with van der Waals surface area (Å²) in [5.41, 5.74) is 5.86. The van der Waals surface area contributed by atoms with Gasteiger partial charge in [-0.15, -0.1) is 0 Å². The molecule has 2 heteroatoms. The number of nitrogens with zero attached hydrogens (tertiary/aromatic N) is 2. The first-order chi connectivity index (χ1) is 12.3. The highest BCUT2D eigenvalue weighted by Crippen LogP contribution is 2.27. The van der Waals surface area contributed by atoms with Crippen molar-refractivity contribution in [2.75, 3.05) is 0 Å². The van der Waals surface area contributed by atoms with Crippen molar-refractivity contribution < 1.29 is 0 Å². The molecule has 2 nitrogen and oxygen atoms in total. The van der Waals surface area contributed by atoms with Crippen LogP contribution in [0, 0.1) is 6.92 Å². The fourth-order valence-electron chi connectivity index (χ4n) is 3.12. The second-order valence-corrected chi connectivity index (χ2v) is 6.24. The Hall–Kier alpha value is -3.13. The van der Waals surface area contributed by atoms with E-state index in [0.29, 0.717) is 0 Å². The fraction of sp³-hybridized carbons (Fsp3) is 0.0870. The van der Waals surface area contributed by atoms with Crippen LogP contribution in [0.1, 0.15) is 11.1 Å². The summed E-state index contributed by atoms with van der Waals surface area (Å²) in [5, 5.41) is 0. The molecule has 4 rings (SSSR count). The fourth-order valence-corrected chi connectivity index (χ4v) is 3.12. The van der Waals surface area contributed by atoms with Crippen molar-refractivity contribution in [3.8, 4) is 22.6 Å². The third kappa shape index (κ3) is 3.24. The molecule has 0 amide bonds. The van der Waals surface area contributed by atoms with Crippen LogP contribution in [0.5, 0.6) is 0 Å². The summed E-state index contributed by atoms with van der Waals surface area (Å²) < 4.78 is 2.24. The van der Waals surface area contributed by atoms with Gasteiger partial charge >= 0.3 is 0 Å². The Morgan fingerprint density at radius 3 is 2.12 bits per heavy atom. The summed E-state index contributed by atoms with van der Waals surface area (Å²) in [7, 11) is 0. The number of hydrogen-bond donors (Lipinski definition) is 0. The van der Waals surface area contributed by atoms with Gasteiger partial charge in [-0.3, -0.25) is 0 Å². The van der Waals surface area contributed by atoms with Gasteiger partial charge in [-0.05, 0) is 18.1 Å². The van der Waals surface area contributed by atoms with Crippen LogP contribution >= 0.6 is 0 Å². The molecule has 4 aromatic rings. The molecule has 1 aromatic heterocycles. The lowest BCUT2D eigenvalue weighted by molar-refractivity contribution is 0.807. The molecule has 0 bridgehead atoms. The molecule has 0 aliphatic heterocycles. The summed E-state index contributed by atoms with van der Waals surface area (Å²) in [4.78, 5) is 4.97. The van der Waals surface area contributed by atoms with Crippen molar-refractivity contribution in [2.45, 2.75) is 13.5 Å². The Morgan fingerprint density at radius 1 is 0.760 bits per heavy atom. The highest BCUT2D eigenvalue weighted by molar-refractivity contribution is 5.67. The monoisotopic (exact) mass is 324 g/mol. The predicted molar refractivity (Wildman–Crippen MR) is 103 cm³/mol. The molecule has 122 valence electrons. The zero-order chi connectivity index (χ0) is 17.1. The quantitative estimate of drug-likeness (QED) is 0.479. The van der Waals surface area contributed by atoms with Crippen LogP contribution in [-0.4, -0.2) is 9.55 Å². The van der Waals surface area contributed by atoms with E-state index in [9.17, 15) is 0 Å². The maximum atomic E-state index is 4.97. The van der Waals surface area contributed by atoms with Crippen LogP contribution < -0.4 is 0 Å². The number of imidazole rings is 1.